The number of benzene rings is 2. The second-order valence-corrected chi connectivity index (χ2v) is 6.67. The number of hydrogen-bond acceptors (Lipinski definition) is 4. The summed E-state index contributed by atoms with van der Waals surface area (Å²) in [4.78, 5) is 28.2. The van der Waals surface area contributed by atoms with E-state index in [1.807, 2.05) is 9.80 Å². The molecule has 1 aliphatic rings. The maximum absolute atomic E-state index is 13.2. The summed E-state index contributed by atoms with van der Waals surface area (Å²) in [6, 6.07) is 11.5. The van der Waals surface area contributed by atoms with Crippen molar-refractivity contribution in [1.82, 2.24) is 9.80 Å². The molecule has 28 heavy (non-hydrogen) atoms. The number of amides is 2. The molecule has 0 unspecified atom stereocenters. The number of carbonyl (C=O) groups is 2. The third-order valence-electron chi connectivity index (χ3n) is 4.42. The average molecular weight is 388 g/mol. The molecule has 0 bridgehead atoms. The summed E-state index contributed by atoms with van der Waals surface area (Å²) < 4.78 is 26.3. The van der Waals surface area contributed by atoms with E-state index < -0.39 is 11.6 Å². The molecule has 1 saturated heterocycles. The smallest absolute Gasteiger partial charge is 0.238 e. The summed E-state index contributed by atoms with van der Waals surface area (Å²) in [5, 5.41) is 5.35. The SMILES string of the molecule is O=C(CN1CCN(CC(=O)Nc2cccc(F)c2)CC1)Nc1cccc(F)c1. The molecule has 2 aromatic carbocycles. The van der Waals surface area contributed by atoms with E-state index in [1.54, 1.807) is 24.3 Å². The molecular formula is C20H22F2N4O2. The number of carbonyl (C=O) groups excluding carboxylic acids is 2. The molecule has 0 saturated carbocycles. The summed E-state index contributed by atoms with van der Waals surface area (Å²) in [5.41, 5.74) is 0.857. The molecule has 2 N–H and O–H groups in total. The third-order valence-corrected chi connectivity index (χ3v) is 4.42. The Hall–Kier alpha value is -2.84. The lowest BCUT2D eigenvalue weighted by Crippen LogP contribution is -2.50. The van der Waals surface area contributed by atoms with Gasteiger partial charge >= 0.3 is 0 Å². The van der Waals surface area contributed by atoms with Gasteiger partial charge in [-0.25, -0.2) is 8.78 Å². The van der Waals surface area contributed by atoms with Gasteiger partial charge < -0.3 is 10.6 Å². The Morgan fingerprint density at radius 1 is 0.750 bits per heavy atom. The molecular weight excluding hydrogens is 366 g/mol. The number of piperazine rings is 1. The first-order valence-electron chi connectivity index (χ1n) is 9.03. The summed E-state index contributed by atoms with van der Waals surface area (Å²) in [6.45, 7) is 2.99. The van der Waals surface area contributed by atoms with Gasteiger partial charge in [0.1, 0.15) is 11.6 Å². The van der Waals surface area contributed by atoms with Crippen LogP contribution in [-0.4, -0.2) is 60.9 Å². The quantitative estimate of drug-likeness (QED) is 0.796. The van der Waals surface area contributed by atoms with Gasteiger partial charge in [-0.1, -0.05) is 12.1 Å². The Morgan fingerprint density at radius 3 is 1.50 bits per heavy atom. The van der Waals surface area contributed by atoms with Crippen LogP contribution in [0, 0.1) is 11.6 Å². The van der Waals surface area contributed by atoms with E-state index in [2.05, 4.69) is 10.6 Å². The standard InChI is InChI=1S/C20H22F2N4O2/c21-15-3-1-5-17(11-15)23-19(27)13-25-7-9-26(10-8-25)14-20(28)24-18-6-2-4-16(22)12-18/h1-6,11-12H,7-10,13-14H2,(H,23,27)(H,24,28). The van der Waals surface area contributed by atoms with Crippen LogP contribution in [0.5, 0.6) is 0 Å². The predicted octanol–water partition coefficient (Wildman–Crippen LogP) is 2.16. The normalized spacial score (nSPS) is 15.2. The van der Waals surface area contributed by atoms with Crippen molar-refractivity contribution in [3.63, 3.8) is 0 Å². The van der Waals surface area contributed by atoms with Crippen LogP contribution in [0.25, 0.3) is 0 Å². The molecule has 8 heteroatoms. The minimum Gasteiger partial charge on any atom is -0.325 e. The van der Waals surface area contributed by atoms with Crippen LogP contribution < -0.4 is 10.6 Å². The summed E-state index contributed by atoms with van der Waals surface area (Å²) in [5.74, 6) is -1.21. The molecule has 148 valence electrons. The van der Waals surface area contributed by atoms with Gasteiger partial charge in [0.15, 0.2) is 0 Å². The van der Waals surface area contributed by atoms with Gasteiger partial charge in [0, 0.05) is 37.6 Å². The highest BCUT2D eigenvalue weighted by Gasteiger charge is 2.20. The first-order valence-corrected chi connectivity index (χ1v) is 9.03. The van der Waals surface area contributed by atoms with Crippen molar-refractivity contribution < 1.29 is 18.4 Å². The van der Waals surface area contributed by atoms with Gasteiger partial charge in [0.25, 0.3) is 0 Å². The van der Waals surface area contributed by atoms with E-state index >= 15 is 0 Å². The number of nitrogens with zero attached hydrogens (tertiary/aromatic N) is 2. The Balaban J connectivity index is 1.39. The number of rotatable bonds is 6. The lowest BCUT2D eigenvalue weighted by atomic mass is 10.2. The lowest BCUT2D eigenvalue weighted by molar-refractivity contribution is -0.120. The molecule has 1 aliphatic heterocycles. The number of anilines is 2. The molecule has 0 spiro atoms. The number of nitrogens with one attached hydrogen (secondary N) is 2. The average Bonchev–Trinajstić information content (AvgIpc) is 2.63. The highest BCUT2D eigenvalue weighted by Crippen LogP contribution is 2.11. The first kappa shape index (κ1) is 19.9. The van der Waals surface area contributed by atoms with Crippen LogP contribution in [0.1, 0.15) is 0 Å². The molecule has 2 amide bonds. The van der Waals surface area contributed by atoms with Crippen LogP contribution >= 0.6 is 0 Å². The highest BCUT2D eigenvalue weighted by molar-refractivity contribution is 5.92. The van der Waals surface area contributed by atoms with Gasteiger partial charge in [0.2, 0.25) is 11.8 Å². The van der Waals surface area contributed by atoms with Crippen LogP contribution in [0.2, 0.25) is 0 Å². The molecule has 0 radical (unpaired) electrons. The number of hydrogen-bond donors (Lipinski definition) is 2. The van der Waals surface area contributed by atoms with Gasteiger partial charge in [-0.15, -0.1) is 0 Å². The topological polar surface area (TPSA) is 64.7 Å². The van der Waals surface area contributed by atoms with E-state index in [-0.39, 0.29) is 24.9 Å². The minimum absolute atomic E-state index is 0.206. The van der Waals surface area contributed by atoms with E-state index in [0.717, 1.165) is 0 Å². The largest absolute Gasteiger partial charge is 0.325 e. The van der Waals surface area contributed by atoms with Crippen LogP contribution in [0.15, 0.2) is 48.5 Å². The Labute approximate surface area is 162 Å². The van der Waals surface area contributed by atoms with Crippen LogP contribution in [-0.2, 0) is 9.59 Å². The maximum Gasteiger partial charge on any atom is 0.238 e. The number of halogens is 2. The van der Waals surface area contributed by atoms with Crippen molar-refractivity contribution in [2.45, 2.75) is 0 Å². The van der Waals surface area contributed by atoms with Crippen molar-refractivity contribution >= 4 is 23.2 Å². The van der Waals surface area contributed by atoms with Gasteiger partial charge in [-0.3, -0.25) is 19.4 Å². The van der Waals surface area contributed by atoms with E-state index in [0.29, 0.717) is 37.6 Å². The van der Waals surface area contributed by atoms with Gasteiger partial charge in [-0.05, 0) is 36.4 Å². The maximum atomic E-state index is 13.2. The zero-order valence-electron chi connectivity index (χ0n) is 15.3. The molecule has 0 atom stereocenters. The first-order chi connectivity index (χ1) is 13.5. The minimum atomic E-state index is -0.400. The molecule has 6 nitrogen and oxygen atoms in total. The fourth-order valence-corrected chi connectivity index (χ4v) is 3.05. The molecule has 0 aliphatic carbocycles. The van der Waals surface area contributed by atoms with E-state index in [9.17, 15) is 18.4 Å². The second-order valence-electron chi connectivity index (χ2n) is 6.67. The zero-order chi connectivity index (χ0) is 19.9. The van der Waals surface area contributed by atoms with Crippen LogP contribution in [0.4, 0.5) is 20.2 Å². The molecule has 3 rings (SSSR count). The Kier molecular flexibility index (Phi) is 6.67. The Bertz CT molecular complexity index is 769. The Morgan fingerprint density at radius 2 is 1.14 bits per heavy atom. The molecule has 0 aromatic heterocycles. The van der Waals surface area contributed by atoms with Crippen molar-refractivity contribution in [2.75, 3.05) is 49.9 Å². The van der Waals surface area contributed by atoms with Crippen LogP contribution in [0.3, 0.4) is 0 Å². The highest BCUT2D eigenvalue weighted by atomic mass is 19.1. The zero-order valence-corrected chi connectivity index (χ0v) is 15.3. The van der Waals surface area contributed by atoms with Gasteiger partial charge in [-0.2, -0.15) is 0 Å². The van der Waals surface area contributed by atoms with Crippen molar-refractivity contribution in [1.29, 1.82) is 0 Å². The van der Waals surface area contributed by atoms with E-state index in [1.165, 1.54) is 24.3 Å². The fraction of sp³-hybridized carbons (Fsp3) is 0.300. The third kappa shape index (κ3) is 6.11. The molecule has 1 fully saturated rings. The molecule has 2 aromatic rings. The monoisotopic (exact) mass is 388 g/mol. The summed E-state index contributed by atoms with van der Waals surface area (Å²) in [7, 11) is 0. The fourth-order valence-electron chi connectivity index (χ4n) is 3.05. The summed E-state index contributed by atoms with van der Waals surface area (Å²) in [6.07, 6.45) is 0. The van der Waals surface area contributed by atoms with Crippen molar-refractivity contribution in [2.24, 2.45) is 0 Å². The van der Waals surface area contributed by atoms with E-state index in [4.69, 9.17) is 0 Å². The lowest BCUT2D eigenvalue weighted by Gasteiger charge is -2.33. The van der Waals surface area contributed by atoms with Gasteiger partial charge in [0.05, 0.1) is 13.1 Å². The second kappa shape index (κ2) is 9.38. The predicted molar refractivity (Wildman–Crippen MR) is 103 cm³/mol. The van der Waals surface area contributed by atoms with Crippen molar-refractivity contribution in [3.05, 3.63) is 60.2 Å². The summed E-state index contributed by atoms with van der Waals surface area (Å²) >= 11 is 0. The van der Waals surface area contributed by atoms with Crippen molar-refractivity contribution in [3.8, 4) is 0 Å². The molecule has 1 heterocycles.